The third kappa shape index (κ3) is 9.35. The molecule has 0 amide bonds. The van der Waals surface area contributed by atoms with E-state index in [2.05, 4.69) is 25.4 Å². The van der Waals surface area contributed by atoms with Crippen LogP contribution in [0, 0.1) is 6.57 Å². The molecule has 2 heterocycles. The zero-order valence-corrected chi connectivity index (χ0v) is 18.2. The number of hydrogen-bond acceptors (Lipinski definition) is 8. The first-order chi connectivity index (χ1) is 16.7. The molecule has 0 aliphatic carbocycles. The van der Waals surface area contributed by atoms with Gasteiger partial charge in [-0.1, -0.05) is 36.4 Å². The van der Waals surface area contributed by atoms with E-state index in [1.54, 1.807) is 18.3 Å². The first-order valence-corrected chi connectivity index (χ1v) is 10.0. The van der Waals surface area contributed by atoms with Gasteiger partial charge in [0.25, 0.3) is 0 Å². The van der Waals surface area contributed by atoms with Gasteiger partial charge in [0, 0.05) is 12.3 Å². The van der Waals surface area contributed by atoms with Crippen LogP contribution in [0.1, 0.15) is 23.5 Å². The van der Waals surface area contributed by atoms with E-state index in [4.69, 9.17) is 31.7 Å². The Kier molecular flexibility index (Phi) is 10.5. The molecule has 0 aliphatic rings. The molecule has 3 rings (SSSR count). The van der Waals surface area contributed by atoms with Crippen LogP contribution in [0.3, 0.4) is 0 Å². The van der Waals surface area contributed by atoms with Gasteiger partial charge >= 0.3 is 12.1 Å². The Balaban J connectivity index is 0.000000540. The van der Waals surface area contributed by atoms with E-state index in [0.29, 0.717) is 18.3 Å². The van der Waals surface area contributed by atoms with E-state index in [0.717, 1.165) is 5.56 Å². The number of halogens is 3. The summed E-state index contributed by atoms with van der Waals surface area (Å²) < 4.78 is 44.6. The lowest BCUT2D eigenvalue weighted by atomic mass is 10.2. The third-order valence-electron chi connectivity index (χ3n) is 4.21. The van der Waals surface area contributed by atoms with Crippen LogP contribution in [0.4, 0.5) is 13.2 Å². The summed E-state index contributed by atoms with van der Waals surface area (Å²) in [5.74, 6) is -1.83. The van der Waals surface area contributed by atoms with Crippen molar-refractivity contribution in [3.63, 3.8) is 0 Å². The summed E-state index contributed by atoms with van der Waals surface area (Å²) in [5.41, 5.74) is 7.29. The molecule has 3 N–H and O–H groups in total. The molecule has 11 nitrogen and oxygen atoms in total. The molecular weight excluding hydrogens is 471 g/mol. The predicted molar refractivity (Wildman–Crippen MR) is 115 cm³/mol. The molecule has 0 radical (unpaired) electrons. The van der Waals surface area contributed by atoms with Crippen molar-refractivity contribution >= 4 is 5.97 Å². The van der Waals surface area contributed by atoms with Crippen LogP contribution in [-0.4, -0.2) is 62.2 Å². The van der Waals surface area contributed by atoms with E-state index in [1.807, 2.05) is 36.4 Å². The number of carboxylic acid groups (broad SMARTS) is 1. The molecule has 0 bridgehead atoms. The van der Waals surface area contributed by atoms with Crippen molar-refractivity contribution in [2.75, 3.05) is 19.8 Å². The maximum absolute atomic E-state index is 10.6. The van der Waals surface area contributed by atoms with E-state index in [-0.39, 0.29) is 25.8 Å². The monoisotopic (exact) mass is 493 g/mol. The fourth-order valence-electron chi connectivity index (χ4n) is 2.58. The number of nitrogens with zero attached hydrogens (tertiary/aromatic N) is 6. The van der Waals surface area contributed by atoms with Crippen LogP contribution in [0.25, 0.3) is 4.85 Å². The smallest absolute Gasteiger partial charge is 0.475 e. The zero-order chi connectivity index (χ0) is 25.7. The molecule has 0 saturated carbocycles. The van der Waals surface area contributed by atoms with Crippen molar-refractivity contribution in [1.82, 2.24) is 25.2 Å². The summed E-state index contributed by atoms with van der Waals surface area (Å²) >= 11 is 0. The molecule has 0 aliphatic heterocycles. The van der Waals surface area contributed by atoms with Crippen LogP contribution < -0.4 is 10.5 Å². The zero-order valence-electron chi connectivity index (χ0n) is 18.2. The van der Waals surface area contributed by atoms with E-state index >= 15 is 0 Å². The lowest BCUT2D eigenvalue weighted by Gasteiger charge is -2.17. The number of pyridine rings is 1. The Morgan fingerprint density at radius 3 is 2.46 bits per heavy atom. The second-order valence-electron chi connectivity index (χ2n) is 6.87. The molecule has 3 aromatic rings. The van der Waals surface area contributed by atoms with E-state index in [1.165, 1.54) is 4.68 Å². The Bertz CT molecular complexity index is 1080. The minimum atomic E-state index is -5.08. The van der Waals surface area contributed by atoms with Gasteiger partial charge in [-0.25, -0.2) is 21.0 Å². The Morgan fingerprint density at radius 1 is 1.17 bits per heavy atom. The molecule has 2 aromatic heterocycles. The molecule has 2 atom stereocenters. The second-order valence-corrected chi connectivity index (χ2v) is 6.87. The SMILES string of the molecule is O=C(O)C(F)(F)F.[C-]#[N+]C[C@H](COc1ccccn1)n1nnnc1[C@H](N)COCc1ccccc1. The van der Waals surface area contributed by atoms with Gasteiger partial charge in [0.15, 0.2) is 11.9 Å². The molecule has 0 unspecified atom stereocenters. The molecule has 186 valence electrons. The first-order valence-electron chi connectivity index (χ1n) is 10.0. The number of rotatable bonds is 10. The van der Waals surface area contributed by atoms with Gasteiger partial charge in [-0.05, 0) is 22.1 Å². The van der Waals surface area contributed by atoms with Crippen molar-refractivity contribution in [2.24, 2.45) is 5.73 Å². The molecule has 1 aromatic carbocycles. The van der Waals surface area contributed by atoms with Gasteiger partial charge in [-0.3, -0.25) is 0 Å². The van der Waals surface area contributed by atoms with E-state index < -0.39 is 18.2 Å². The first kappa shape index (κ1) is 27.2. The Labute approximate surface area is 198 Å². The van der Waals surface area contributed by atoms with Crippen molar-refractivity contribution in [3.05, 3.63) is 77.5 Å². The number of nitrogens with two attached hydrogens (primary N) is 1. The number of aromatic nitrogens is 5. The summed E-state index contributed by atoms with van der Waals surface area (Å²) in [6, 6.07) is 14.3. The average molecular weight is 493 g/mol. The second kappa shape index (κ2) is 13.6. The maximum Gasteiger partial charge on any atom is 0.490 e. The van der Waals surface area contributed by atoms with Crippen molar-refractivity contribution in [2.45, 2.75) is 24.9 Å². The van der Waals surface area contributed by atoms with Gasteiger partial charge in [-0.15, -0.1) is 5.10 Å². The van der Waals surface area contributed by atoms with Crippen LogP contribution >= 0.6 is 0 Å². The normalized spacial score (nSPS) is 12.5. The number of aliphatic carboxylic acids is 1. The maximum atomic E-state index is 10.6. The van der Waals surface area contributed by atoms with Gasteiger partial charge in [0.05, 0.1) is 19.3 Å². The fourth-order valence-corrected chi connectivity index (χ4v) is 2.58. The molecule has 35 heavy (non-hydrogen) atoms. The number of alkyl halides is 3. The molecular formula is C21H22F3N7O4. The fraction of sp³-hybridized carbons (Fsp3) is 0.333. The number of benzene rings is 1. The Morgan fingerprint density at radius 2 is 1.86 bits per heavy atom. The van der Waals surface area contributed by atoms with Gasteiger partial charge in [0.2, 0.25) is 12.4 Å². The highest BCUT2D eigenvalue weighted by atomic mass is 19.4. The summed E-state index contributed by atoms with van der Waals surface area (Å²) in [4.78, 5) is 16.5. The van der Waals surface area contributed by atoms with Crippen LogP contribution in [0.5, 0.6) is 5.88 Å². The molecule has 0 saturated heterocycles. The number of ether oxygens (including phenoxy) is 2. The number of tetrazole rings is 1. The highest BCUT2D eigenvalue weighted by molar-refractivity contribution is 5.73. The largest absolute Gasteiger partial charge is 0.490 e. The van der Waals surface area contributed by atoms with E-state index in [9.17, 15) is 13.2 Å². The number of carbonyl (C=O) groups is 1. The third-order valence-corrected chi connectivity index (χ3v) is 4.21. The highest BCUT2D eigenvalue weighted by Gasteiger charge is 2.38. The molecule has 0 spiro atoms. The minimum Gasteiger partial charge on any atom is -0.475 e. The molecule has 14 heteroatoms. The van der Waals surface area contributed by atoms with Crippen LogP contribution in [0.2, 0.25) is 0 Å². The summed E-state index contributed by atoms with van der Waals surface area (Å²) in [6.07, 6.45) is -3.44. The number of hydrogen-bond donors (Lipinski definition) is 2. The van der Waals surface area contributed by atoms with Gasteiger partial charge < -0.3 is 25.2 Å². The van der Waals surface area contributed by atoms with Gasteiger partial charge in [-0.2, -0.15) is 13.2 Å². The summed E-state index contributed by atoms with van der Waals surface area (Å²) in [5, 5.41) is 18.9. The highest BCUT2D eigenvalue weighted by Crippen LogP contribution is 2.16. The van der Waals surface area contributed by atoms with Crippen molar-refractivity contribution in [1.29, 1.82) is 0 Å². The van der Waals surface area contributed by atoms with Crippen LogP contribution in [-0.2, 0) is 16.1 Å². The van der Waals surface area contributed by atoms with Crippen molar-refractivity contribution in [3.8, 4) is 5.88 Å². The minimum absolute atomic E-state index is 0.155. The topological polar surface area (TPSA) is 143 Å². The lowest BCUT2D eigenvalue weighted by molar-refractivity contribution is -0.192. The number of carboxylic acids is 1. The standard InChI is InChI=1S/C19H21N7O2.C2HF3O2/c1-21-11-16(13-28-18-9-5-6-10-22-18)26-19(23-24-25-26)17(20)14-27-12-15-7-3-2-4-8-15;3-2(4,5)1(6)7/h2-10,16-17H,11-14,20H2;(H,6,7)/t16-,17-;/m1./s1. The summed E-state index contributed by atoms with van der Waals surface area (Å²) in [6.45, 7) is 8.28. The quantitative estimate of drug-likeness (QED) is 0.407. The molecule has 0 fully saturated rings. The van der Waals surface area contributed by atoms with Crippen LogP contribution in [0.15, 0.2) is 54.7 Å². The lowest BCUT2D eigenvalue weighted by Crippen LogP contribution is -2.28. The predicted octanol–water partition coefficient (Wildman–Crippen LogP) is 2.46. The van der Waals surface area contributed by atoms with Crippen molar-refractivity contribution < 1.29 is 32.5 Å². The average Bonchev–Trinajstić information content (AvgIpc) is 3.33. The van der Waals surface area contributed by atoms with Gasteiger partial charge in [0.1, 0.15) is 6.61 Å². The summed E-state index contributed by atoms with van der Waals surface area (Å²) in [7, 11) is 0. The Hall–Kier alpha value is -4.09.